The average Bonchev–Trinajstić information content (AvgIpc) is 3.15. The molecule has 1 atom stereocenters. The van der Waals surface area contributed by atoms with Crippen molar-refractivity contribution in [2.75, 3.05) is 17.4 Å². The number of carbonyl (C=O) groups excluding carboxylic acids is 1. The maximum Gasteiger partial charge on any atom is 0.264 e. The summed E-state index contributed by atoms with van der Waals surface area (Å²) >= 11 is 6.23. The van der Waals surface area contributed by atoms with Gasteiger partial charge in [0.05, 0.1) is 28.3 Å². The summed E-state index contributed by atoms with van der Waals surface area (Å²) in [6, 6.07) is 20.3. The molecule has 1 spiro atoms. The van der Waals surface area contributed by atoms with Crippen LogP contribution in [0.4, 0.5) is 5.69 Å². The summed E-state index contributed by atoms with van der Waals surface area (Å²) in [7, 11) is -3.90. The number of piperidine rings is 1. The van der Waals surface area contributed by atoms with E-state index >= 15 is 0 Å². The van der Waals surface area contributed by atoms with Gasteiger partial charge in [-0.05, 0) is 92.5 Å². The molecule has 1 amide bonds. The number of hydrogen-bond donors (Lipinski definition) is 2. The minimum absolute atomic E-state index is 0.136. The number of fused-ring (bicyclic) bond motifs is 2. The van der Waals surface area contributed by atoms with E-state index in [9.17, 15) is 13.2 Å². The molecule has 1 saturated heterocycles. The molecule has 2 heterocycles. The number of nitrogens with one attached hydrogen (secondary N) is 2. The molecule has 0 aliphatic carbocycles. The van der Waals surface area contributed by atoms with Crippen molar-refractivity contribution in [2.24, 2.45) is 0 Å². The summed E-state index contributed by atoms with van der Waals surface area (Å²) in [6.07, 6.45) is 1.51. The van der Waals surface area contributed by atoms with Gasteiger partial charge in [0.2, 0.25) is 0 Å². The number of halogens is 1. The Hall–Kier alpha value is -3.38. The van der Waals surface area contributed by atoms with E-state index in [2.05, 4.69) is 10.6 Å². The van der Waals surface area contributed by atoms with Crippen molar-refractivity contribution in [3.05, 3.63) is 94.0 Å². The van der Waals surface area contributed by atoms with E-state index in [4.69, 9.17) is 16.9 Å². The lowest BCUT2D eigenvalue weighted by Crippen LogP contribution is -2.50. The molecule has 2 aliphatic rings. The predicted octanol–water partition coefficient (Wildman–Crippen LogP) is 4.36. The molecule has 5 rings (SSSR count). The highest BCUT2D eigenvalue weighted by Crippen LogP contribution is 2.52. The summed E-state index contributed by atoms with van der Waals surface area (Å²) < 4.78 is 29.3. The van der Waals surface area contributed by atoms with Gasteiger partial charge in [-0.2, -0.15) is 5.26 Å². The standard InChI is InChI=1S/C28H27ClN4O3S/c1-19-28(12-14-31-15-13-28)24-16-21(27(34)32-18-22-4-2-3-5-25(22)29)8-11-26(24)33(19)37(35,36)23-9-6-20(17-30)7-10-23/h2-11,16,19,31H,12-15,18H2,1H3,(H,32,34). The van der Waals surface area contributed by atoms with Crippen LogP contribution < -0.4 is 14.9 Å². The molecule has 2 aliphatic heterocycles. The fraction of sp³-hybridized carbons (Fsp3) is 0.286. The Morgan fingerprint density at radius 3 is 2.51 bits per heavy atom. The molecule has 3 aromatic rings. The maximum absolute atomic E-state index is 13.9. The summed E-state index contributed by atoms with van der Waals surface area (Å²) in [5.41, 5.74) is 2.76. The molecule has 7 nitrogen and oxygen atoms in total. The predicted molar refractivity (Wildman–Crippen MR) is 143 cm³/mol. The van der Waals surface area contributed by atoms with Gasteiger partial charge >= 0.3 is 0 Å². The molecule has 0 bridgehead atoms. The minimum Gasteiger partial charge on any atom is -0.348 e. The average molecular weight is 535 g/mol. The fourth-order valence-corrected chi connectivity index (χ4v) is 7.50. The Kier molecular flexibility index (Phi) is 6.71. The Bertz CT molecular complexity index is 1490. The largest absolute Gasteiger partial charge is 0.348 e. The molecular formula is C28H27ClN4O3S. The third kappa shape index (κ3) is 4.37. The first-order valence-electron chi connectivity index (χ1n) is 12.2. The Morgan fingerprint density at radius 1 is 1.14 bits per heavy atom. The summed E-state index contributed by atoms with van der Waals surface area (Å²) in [5.74, 6) is -0.243. The van der Waals surface area contributed by atoms with Crippen LogP contribution in [0.25, 0.3) is 0 Å². The quantitative estimate of drug-likeness (QED) is 0.506. The van der Waals surface area contributed by atoms with Gasteiger partial charge < -0.3 is 10.6 Å². The second kappa shape index (κ2) is 9.82. The van der Waals surface area contributed by atoms with Crippen molar-refractivity contribution in [2.45, 2.75) is 42.7 Å². The summed E-state index contributed by atoms with van der Waals surface area (Å²) in [4.78, 5) is 13.3. The number of benzene rings is 3. The topological polar surface area (TPSA) is 102 Å². The number of sulfonamides is 1. The van der Waals surface area contributed by atoms with Crippen LogP contribution in [0.5, 0.6) is 0 Å². The van der Waals surface area contributed by atoms with E-state index in [0.29, 0.717) is 28.4 Å². The number of amides is 1. The van der Waals surface area contributed by atoms with Gasteiger partial charge in [-0.15, -0.1) is 0 Å². The van der Waals surface area contributed by atoms with Gasteiger partial charge in [0, 0.05) is 22.5 Å². The Morgan fingerprint density at radius 2 is 1.84 bits per heavy atom. The number of rotatable bonds is 5. The zero-order valence-electron chi connectivity index (χ0n) is 20.4. The third-order valence-electron chi connectivity index (χ3n) is 7.62. The number of anilines is 1. The summed E-state index contributed by atoms with van der Waals surface area (Å²) in [6.45, 7) is 3.76. The third-order valence-corrected chi connectivity index (χ3v) is 9.88. The maximum atomic E-state index is 13.9. The van der Waals surface area contributed by atoms with Gasteiger partial charge in [0.25, 0.3) is 15.9 Å². The molecule has 1 fully saturated rings. The van der Waals surface area contributed by atoms with Crippen molar-refractivity contribution in [1.82, 2.24) is 10.6 Å². The van der Waals surface area contributed by atoms with Gasteiger partial charge in [-0.25, -0.2) is 8.42 Å². The first-order valence-corrected chi connectivity index (χ1v) is 14.0. The second-order valence-corrected chi connectivity index (χ2v) is 11.7. The normalized spacial score (nSPS) is 18.3. The van der Waals surface area contributed by atoms with Crippen LogP contribution in [-0.2, 0) is 22.0 Å². The van der Waals surface area contributed by atoms with Gasteiger partial charge in [0.1, 0.15) is 0 Å². The SMILES string of the molecule is CC1N(S(=O)(=O)c2ccc(C#N)cc2)c2ccc(C(=O)NCc3ccccc3Cl)cc2C12CCNCC2. The molecule has 0 radical (unpaired) electrons. The van der Waals surface area contributed by atoms with Crippen molar-refractivity contribution in [1.29, 1.82) is 5.26 Å². The smallest absolute Gasteiger partial charge is 0.264 e. The number of carbonyl (C=O) groups is 1. The van der Waals surface area contributed by atoms with Crippen molar-refractivity contribution in [3.63, 3.8) is 0 Å². The van der Waals surface area contributed by atoms with Gasteiger partial charge in [-0.1, -0.05) is 29.8 Å². The lowest BCUT2D eigenvalue weighted by Gasteiger charge is -2.40. The Labute approximate surface area is 222 Å². The van der Waals surface area contributed by atoms with Crippen LogP contribution in [0.1, 0.15) is 46.8 Å². The molecular weight excluding hydrogens is 508 g/mol. The van der Waals surface area contributed by atoms with E-state index in [-0.39, 0.29) is 16.8 Å². The first-order chi connectivity index (χ1) is 17.8. The number of nitriles is 1. The zero-order chi connectivity index (χ0) is 26.2. The van der Waals surface area contributed by atoms with Crippen molar-refractivity contribution < 1.29 is 13.2 Å². The molecule has 190 valence electrons. The van der Waals surface area contributed by atoms with Crippen LogP contribution in [-0.4, -0.2) is 33.5 Å². The minimum atomic E-state index is -3.90. The van der Waals surface area contributed by atoms with E-state index in [1.165, 1.54) is 28.6 Å². The number of nitrogens with zero attached hydrogens (tertiary/aromatic N) is 2. The fourth-order valence-electron chi connectivity index (χ4n) is 5.56. The van der Waals surface area contributed by atoms with E-state index in [1.807, 2.05) is 37.3 Å². The highest BCUT2D eigenvalue weighted by atomic mass is 35.5. The van der Waals surface area contributed by atoms with Crippen LogP contribution in [0, 0.1) is 11.3 Å². The van der Waals surface area contributed by atoms with E-state index in [0.717, 1.165) is 37.1 Å². The van der Waals surface area contributed by atoms with Crippen LogP contribution in [0.2, 0.25) is 5.02 Å². The molecule has 9 heteroatoms. The second-order valence-electron chi connectivity index (χ2n) is 9.53. The molecule has 0 aromatic heterocycles. The molecule has 37 heavy (non-hydrogen) atoms. The van der Waals surface area contributed by atoms with Crippen LogP contribution in [0.3, 0.4) is 0 Å². The van der Waals surface area contributed by atoms with E-state index in [1.54, 1.807) is 18.2 Å². The first kappa shape index (κ1) is 25.3. The lowest BCUT2D eigenvalue weighted by atomic mass is 9.70. The molecule has 2 N–H and O–H groups in total. The molecule has 1 unspecified atom stereocenters. The summed E-state index contributed by atoms with van der Waals surface area (Å²) in [5, 5.41) is 16.0. The highest BCUT2D eigenvalue weighted by molar-refractivity contribution is 7.92. The van der Waals surface area contributed by atoms with Crippen molar-refractivity contribution >= 4 is 33.2 Å². The van der Waals surface area contributed by atoms with Crippen LogP contribution >= 0.6 is 11.6 Å². The Balaban J connectivity index is 1.52. The lowest BCUT2D eigenvalue weighted by molar-refractivity contribution is 0.0950. The molecule has 0 saturated carbocycles. The number of hydrogen-bond acceptors (Lipinski definition) is 5. The zero-order valence-corrected chi connectivity index (χ0v) is 21.9. The van der Waals surface area contributed by atoms with Gasteiger partial charge in [-0.3, -0.25) is 9.10 Å². The van der Waals surface area contributed by atoms with Crippen LogP contribution in [0.15, 0.2) is 71.6 Å². The molecule has 3 aromatic carbocycles. The highest BCUT2D eigenvalue weighted by Gasteiger charge is 2.53. The van der Waals surface area contributed by atoms with E-state index < -0.39 is 15.4 Å². The monoisotopic (exact) mass is 534 g/mol. The van der Waals surface area contributed by atoms with Crippen molar-refractivity contribution in [3.8, 4) is 6.07 Å². The van der Waals surface area contributed by atoms with Gasteiger partial charge in [0.15, 0.2) is 0 Å².